The van der Waals surface area contributed by atoms with Crippen LogP contribution in [0.2, 0.25) is 0 Å². The number of carbonyl (C=O) groups is 1. The second-order valence-corrected chi connectivity index (χ2v) is 8.33. The van der Waals surface area contributed by atoms with Crippen LogP contribution in [0.4, 0.5) is 9.39 Å². The van der Waals surface area contributed by atoms with Crippen LogP contribution in [-0.4, -0.2) is 57.3 Å². The topological polar surface area (TPSA) is 42.0 Å². The van der Waals surface area contributed by atoms with Crippen LogP contribution in [0.1, 0.15) is 9.67 Å². The fraction of sp³-hybridized carbons (Fsp3) is 0.292. The highest BCUT2D eigenvalue weighted by atomic mass is 32.1. The largest absolute Gasteiger partial charge is 0.489 e. The Morgan fingerprint density at radius 2 is 1.84 bits per heavy atom. The zero-order chi connectivity index (χ0) is 21.6. The molecule has 162 valence electrons. The summed E-state index contributed by atoms with van der Waals surface area (Å²) in [6.45, 7) is 3.56. The van der Waals surface area contributed by atoms with Gasteiger partial charge in [-0.1, -0.05) is 42.5 Å². The summed E-state index contributed by atoms with van der Waals surface area (Å²) < 4.78 is 24.7. The van der Waals surface area contributed by atoms with E-state index in [1.165, 1.54) is 17.4 Å². The monoisotopic (exact) mass is 440 g/mol. The summed E-state index contributed by atoms with van der Waals surface area (Å²) in [4.78, 5) is 17.7. The number of benzene rings is 2. The van der Waals surface area contributed by atoms with Crippen LogP contribution >= 0.6 is 11.3 Å². The van der Waals surface area contributed by atoms with E-state index in [1.54, 1.807) is 30.1 Å². The number of morpholine rings is 1. The summed E-state index contributed by atoms with van der Waals surface area (Å²) in [5.41, 5.74) is 2.15. The molecule has 4 rings (SSSR count). The highest BCUT2D eigenvalue weighted by molar-refractivity contribution is 7.18. The number of amides is 1. The highest BCUT2D eigenvalue weighted by Gasteiger charge is 2.23. The zero-order valence-corrected chi connectivity index (χ0v) is 18.2. The molecule has 0 unspecified atom stereocenters. The summed E-state index contributed by atoms with van der Waals surface area (Å²) in [5, 5.41) is 1.09. The minimum absolute atomic E-state index is 0.0705. The summed E-state index contributed by atoms with van der Waals surface area (Å²) in [6.07, 6.45) is 0. The van der Waals surface area contributed by atoms with Crippen molar-refractivity contribution < 1.29 is 18.7 Å². The van der Waals surface area contributed by atoms with Gasteiger partial charge in [0.15, 0.2) is 11.6 Å². The van der Waals surface area contributed by atoms with Crippen molar-refractivity contribution in [2.45, 2.75) is 0 Å². The molecule has 0 N–H and O–H groups in total. The molecule has 0 saturated carbocycles. The lowest BCUT2D eigenvalue weighted by Crippen LogP contribution is -2.35. The maximum Gasteiger partial charge on any atom is 0.263 e. The predicted molar refractivity (Wildman–Crippen MR) is 122 cm³/mol. The van der Waals surface area contributed by atoms with Crippen molar-refractivity contribution in [1.29, 1.82) is 0 Å². The number of carbonyl (C=O) groups excluding carboxylic acids is 1. The maximum atomic E-state index is 13.7. The van der Waals surface area contributed by atoms with Crippen LogP contribution in [0.25, 0.3) is 11.1 Å². The second kappa shape index (κ2) is 9.94. The van der Waals surface area contributed by atoms with Gasteiger partial charge in [0.25, 0.3) is 5.91 Å². The number of anilines is 1. The third-order valence-electron chi connectivity index (χ3n) is 5.17. The van der Waals surface area contributed by atoms with E-state index >= 15 is 0 Å². The maximum absolute atomic E-state index is 13.7. The lowest BCUT2D eigenvalue weighted by atomic mass is 10.1. The highest BCUT2D eigenvalue weighted by Crippen LogP contribution is 2.39. The number of halogens is 1. The molecule has 0 atom stereocenters. The van der Waals surface area contributed by atoms with Crippen molar-refractivity contribution in [3.05, 3.63) is 71.4 Å². The van der Waals surface area contributed by atoms with Gasteiger partial charge in [0.1, 0.15) is 6.61 Å². The molecule has 2 heterocycles. The summed E-state index contributed by atoms with van der Waals surface area (Å²) in [6, 6.07) is 18.4. The minimum atomic E-state index is -0.405. The van der Waals surface area contributed by atoms with Gasteiger partial charge in [-0.3, -0.25) is 4.79 Å². The molecule has 0 bridgehead atoms. The van der Waals surface area contributed by atoms with Gasteiger partial charge < -0.3 is 19.3 Å². The van der Waals surface area contributed by atoms with Crippen molar-refractivity contribution in [1.82, 2.24) is 4.90 Å². The van der Waals surface area contributed by atoms with Crippen LogP contribution in [0.3, 0.4) is 0 Å². The lowest BCUT2D eigenvalue weighted by molar-refractivity contribution is 0.0777. The smallest absolute Gasteiger partial charge is 0.263 e. The molecular formula is C24H25FN2O3S. The van der Waals surface area contributed by atoms with E-state index in [1.807, 2.05) is 24.3 Å². The van der Waals surface area contributed by atoms with Crippen LogP contribution < -0.4 is 9.64 Å². The summed E-state index contributed by atoms with van der Waals surface area (Å²) >= 11 is 1.51. The zero-order valence-electron chi connectivity index (χ0n) is 17.4. The van der Waals surface area contributed by atoms with E-state index in [0.29, 0.717) is 24.6 Å². The number of likely N-dealkylation sites (N-methyl/N-ethyl adjacent to an activating group) is 1. The SMILES string of the molecule is CN(CCOc1ccccc1F)C(=O)c1cc(-c2ccccc2)c(N2CCOCC2)s1. The Kier molecular flexibility index (Phi) is 6.84. The number of rotatable bonds is 7. The molecule has 0 spiro atoms. The Morgan fingerprint density at radius 1 is 1.13 bits per heavy atom. The van der Waals surface area contributed by atoms with Gasteiger partial charge in [-0.25, -0.2) is 4.39 Å². The standard InChI is InChI=1S/C24H25FN2O3S/c1-26(11-16-30-21-10-6-5-9-20(21)25)23(28)22-17-19(18-7-3-2-4-8-18)24(31-22)27-12-14-29-15-13-27/h2-10,17H,11-16H2,1H3. The number of ether oxygens (including phenoxy) is 2. The Balaban J connectivity index is 1.49. The first kappa shape index (κ1) is 21.3. The third kappa shape index (κ3) is 5.06. The van der Waals surface area contributed by atoms with E-state index in [-0.39, 0.29) is 18.3 Å². The first-order valence-corrected chi connectivity index (χ1v) is 11.1. The second-order valence-electron chi connectivity index (χ2n) is 7.30. The number of hydrogen-bond donors (Lipinski definition) is 0. The van der Waals surface area contributed by atoms with Crippen molar-refractivity contribution in [3.63, 3.8) is 0 Å². The average molecular weight is 441 g/mol. The first-order valence-electron chi connectivity index (χ1n) is 10.3. The fourth-order valence-corrected chi connectivity index (χ4v) is 4.68. The number of hydrogen-bond acceptors (Lipinski definition) is 5. The minimum Gasteiger partial charge on any atom is -0.489 e. The fourth-order valence-electron chi connectivity index (χ4n) is 3.46. The Labute approximate surface area is 185 Å². The van der Waals surface area contributed by atoms with Gasteiger partial charge in [-0.2, -0.15) is 0 Å². The van der Waals surface area contributed by atoms with E-state index in [9.17, 15) is 9.18 Å². The molecule has 1 aliphatic heterocycles. The molecule has 31 heavy (non-hydrogen) atoms. The van der Waals surface area contributed by atoms with Crippen LogP contribution in [0.5, 0.6) is 5.75 Å². The molecule has 7 heteroatoms. The molecule has 3 aromatic rings. The molecule has 1 aliphatic rings. The quantitative estimate of drug-likeness (QED) is 0.541. The van der Waals surface area contributed by atoms with E-state index in [0.717, 1.165) is 29.2 Å². The average Bonchev–Trinajstić information content (AvgIpc) is 3.26. The van der Waals surface area contributed by atoms with Crippen molar-refractivity contribution in [2.75, 3.05) is 51.4 Å². The Morgan fingerprint density at radius 3 is 2.58 bits per heavy atom. The molecule has 1 fully saturated rings. The van der Waals surface area contributed by atoms with Crippen LogP contribution in [-0.2, 0) is 4.74 Å². The number of nitrogens with zero attached hydrogens (tertiary/aromatic N) is 2. The normalized spacial score (nSPS) is 13.8. The summed E-state index contributed by atoms with van der Waals surface area (Å²) in [7, 11) is 1.74. The molecule has 1 amide bonds. The van der Waals surface area contributed by atoms with Gasteiger partial charge >= 0.3 is 0 Å². The first-order chi connectivity index (χ1) is 15.1. The van der Waals surface area contributed by atoms with Crippen LogP contribution in [0, 0.1) is 5.82 Å². The van der Waals surface area contributed by atoms with Gasteiger partial charge in [0.2, 0.25) is 0 Å². The van der Waals surface area contributed by atoms with Gasteiger partial charge in [0, 0.05) is 25.7 Å². The van der Waals surface area contributed by atoms with E-state index < -0.39 is 5.82 Å². The van der Waals surface area contributed by atoms with Crippen molar-refractivity contribution in [3.8, 4) is 16.9 Å². The van der Waals surface area contributed by atoms with Gasteiger partial charge in [0.05, 0.1) is 29.6 Å². The molecule has 0 aliphatic carbocycles. The van der Waals surface area contributed by atoms with Gasteiger partial charge in [-0.05, 0) is 23.8 Å². The predicted octanol–water partition coefficient (Wildman–Crippen LogP) is 4.54. The lowest BCUT2D eigenvalue weighted by Gasteiger charge is -2.28. The van der Waals surface area contributed by atoms with E-state index in [4.69, 9.17) is 9.47 Å². The Hall–Kier alpha value is -2.90. The van der Waals surface area contributed by atoms with Crippen LogP contribution in [0.15, 0.2) is 60.7 Å². The Bertz CT molecular complexity index is 1020. The third-order valence-corrected chi connectivity index (χ3v) is 6.36. The summed E-state index contributed by atoms with van der Waals surface area (Å²) in [5.74, 6) is -0.281. The van der Waals surface area contributed by atoms with Crippen molar-refractivity contribution >= 4 is 22.2 Å². The molecular weight excluding hydrogens is 415 g/mol. The molecule has 1 aromatic heterocycles. The van der Waals surface area contributed by atoms with Gasteiger partial charge in [-0.15, -0.1) is 11.3 Å². The molecule has 0 radical (unpaired) electrons. The van der Waals surface area contributed by atoms with Crippen molar-refractivity contribution in [2.24, 2.45) is 0 Å². The number of para-hydroxylation sites is 1. The number of thiophene rings is 1. The molecule has 2 aromatic carbocycles. The molecule has 1 saturated heterocycles. The van der Waals surface area contributed by atoms with E-state index in [2.05, 4.69) is 17.0 Å². The molecule has 5 nitrogen and oxygen atoms in total.